The number of nitrogens with two attached hydrogens (primary N) is 1. The van der Waals surface area contributed by atoms with Gasteiger partial charge in [0.05, 0.1) is 11.3 Å². The lowest BCUT2D eigenvalue weighted by molar-refractivity contribution is -0.147. The number of hydrogen-bond donors (Lipinski definition) is 2. The lowest BCUT2D eigenvalue weighted by Gasteiger charge is -2.08. The van der Waals surface area contributed by atoms with Crippen LogP contribution in [0, 0.1) is 0 Å². The van der Waals surface area contributed by atoms with E-state index in [0.717, 1.165) is 30.4 Å². The Morgan fingerprint density at radius 2 is 1.69 bits per heavy atom. The van der Waals surface area contributed by atoms with Crippen molar-refractivity contribution in [1.29, 1.82) is 0 Å². The molecular formula is C21H24N2O5S. The summed E-state index contributed by atoms with van der Waals surface area (Å²) in [5, 5.41) is 7.72. The van der Waals surface area contributed by atoms with E-state index in [1.165, 1.54) is 23.3 Å². The largest absolute Gasteiger partial charge is 0.455 e. The van der Waals surface area contributed by atoms with Gasteiger partial charge < -0.3 is 10.1 Å². The summed E-state index contributed by atoms with van der Waals surface area (Å²) in [4.78, 5) is 23.9. The van der Waals surface area contributed by atoms with E-state index in [4.69, 9.17) is 9.88 Å². The molecule has 3 rings (SSSR count). The average molecular weight is 416 g/mol. The lowest BCUT2D eigenvalue weighted by Crippen LogP contribution is -2.30. The first-order valence-electron chi connectivity index (χ1n) is 9.46. The Labute approximate surface area is 170 Å². The van der Waals surface area contributed by atoms with Crippen LogP contribution in [0.1, 0.15) is 28.7 Å². The predicted molar refractivity (Wildman–Crippen MR) is 108 cm³/mol. The van der Waals surface area contributed by atoms with Crippen LogP contribution in [0.25, 0.3) is 0 Å². The first-order valence-corrected chi connectivity index (χ1v) is 11.0. The van der Waals surface area contributed by atoms with E-state index in [0.29, 0.717) is 13.0 Å². The number of benzene rings is 2. The molecule has 0 saturated heterocycles. The van der Waals surface area contributed by atoms with Gasteiger partial charge in [0.1, 0.15) is 0 Å². The zero-order valence-corrected chi connectivity index (χ0v) is 16.8. The highest BCUT2D eigenvalue weighted by Crippen LogP contribution is 2.23. The Hall–Kier alpha value is -2.71. The number of aryl methyl sites for hydroxylation is 2. The van der Waals surface area contributed by atoms with Crippen molar-refractivity contribution in [2.45, 2.75) is 37.0 Å². The van der Waals surface area contributed by atoms with Crippen molar-refractivity contribution in [2.75, 3.05) is 13.2 Å². The topological polar surface area (TPSA) is 116 Å². The maximum atomic E-state index is 12.0. The molecule has 0 spiro atoms. The van der Waals surface area contributed by atoms with Crippen molar-refractivity contribution in [3.63, 3.8) is 0 Å². The third-order valence-corrected chi connectivity index (χ3v) is 5.79. The first kappa shape index (κ1) is 21.0. The highest BCUT2D eigenvalue weighted by Gasteiger charge is 2.13. The lowest BCUT2D eigenvalue weighted by atomic mass is 10.0. The van der Waals surface area contributed by atoms with Gasteiger partial charge in [0, 0.05) is 6.54 Å². The van der Waals surface area contributed by atoms with E-state index in [2.05, 4.69) is 11.4 Å². The zero-order chi connectivity index (χ0) is 20.9. The van der Waals surface area contributed by atoms with Crippen LogP contribution in [0.2, 0.25) is 0 Å². The summed E-state index contributed by atoms with van der Waals surface area (Å²) < 4.78 is 27.5. The molecule has 0 aliphatic heterocycles. The predicted octanol–water partition coefficient (Wildman–Crippen LogP) is 1.27. The second kappa shape index (κ2) is 9.19. The van der Waals surface area contributed by atoms with Crippen LogP contribution in [0.5, 0.6) is 0 Å². The summed E-state index contributed by atoms with van der Waals surface area (Å²) in [6.45, 7) is 0.0179. The molecule has 7 nitrogen and oxygen atoms in total. The standard InChI is InChI=1S/C21H24N2O5S/c22-29(26,27)19-8-5-15(6-9-19)10-11-23-20(24)14-28-21(25)13-16-4-7-17-2-1-3-18(17)12-16/h4-9,12H,1-3,10-11,13-14H2,(H,23,24)(H2,22,26,27). The van der Waals surface area contributed by atoms with Crippen LogP contribution in [-0.2, 0) is 50.0 Å². The van der Waals surface area contributed by atoms with Gasteiger partial charge in [-0.25, -0.2) is 13.6 Å². The molecule has 3 N–H and O–H groups in total. The quantitative estimate of drug-likeness (QED) is 0.629. The van der Waals surface area contributed by atoms with Gasteiger partial charge >= 0.3 is 5.97 Å². The summed E-state index contributed by atoms with van der Waals surface area (Å²) in [5.74, 6) is -0.815. The van der Waals surface area contributed by atoms with Gasteiger partial charge in [-0.2, -0.15) is 0 Å². The van der Waals surface area contributed by atoms with Gasteiger partial charge in [0.15, 0.2) is 6.61 Å². The molecule has 8 heteroatoms. The minimum atomic E-state index is -3.71. The number of nitrogens with one attached hydrogen (secondary N) is 1. The fourth-order valence-corrected chi connectivity index (χ4v) is 3.86. The van der Waals surface area contributed by atoms with Crippen LogP contribution >= 0.6 is 0 Å². The molecule has 29 heavy (non-hydrogen) atoms. The van der Waals surface area contributed by atoms with Gasteiger partial charge in [-0.1, -0.05) is 30.3 Å². The second-order valence-corrected chi connectivity index (χ2v) is 8.64. The summed E-state index contributed by atoms with van der Waals surface area (Å²) in [6, 6.07) is 12.2. The Morgan fingerprint density at radius 3 is 2.41 bits per heavy atom. The minimum absolute atomic E-state index is 0.0422. The van der Waals surface area contributed by atoms with Crippen molar-refractivity contribution in [3.05, 3.63) is 64.7 Å². The molecular weight excluding hydrogens is 392 g/mol. The molecule has 0 bridgehead atoms. The fraction of sp³-hybridized carbons (Fsp3) is 0.333. The molecule has 2 aromatic rings. The number of sulfonamides is 1. The molecule has 0 heterocycles. The van der Waals surface area contributed by atoms with E-state index in [1.807, 2.05) is 12.1 Å². The molecule has 0 fully saturated rings. The number of hydrogen-bond acceptors (Lipinski definition) is 5. The number of amides is 1. The number of carbonyl (C=O) groups excluding carboxylic acids is 2. The Balaban J connectivity index is 1.37. The van der Waals surface area contributed by atoms with E-state index < -0.39 is 16.0 Å². The zero-order valence-electron chi connectivity index (χ0n) is 16.0. The van der Waals surface area contributed by atoms with Crippen LogP contribution in [0.15, 0.2) is 47.4 Å². The number of carbonyl (C=O) groups is 2. The molecule has 0 aromatic heterocycles. The normalized spacial score (nSPS) is 13.0. The Bertz CT molecular complexity index is 1000. The van der Waals surface area contributed by atoms with Gasteiger partial charge in [-0.05, 0) is 60.1 Å². The van der Waals surface area contributed by atoms with Gasteiger partial charge in [0.25, 0.3) is 5.91 Å². The van der Waals surface area contributed by atoms with Crippen molar-refractivity contribution >= 4 is 21.9 Å². The highest BCUT2D eigenvalue weighted by molar-refractivity contribution is 7.89. The number of primary sulfonamides is 1. The van der Waals surface area contributed by atoms with Crippen LogP contribution in [-0.4, -0.2) is 33.4 Å². The van der Waals surface area contributed by atoms with Crippen molar-refractivity contribution in [1.82, 2.24) is 5.32 Å². The Morgan fingerprint density at radius 1 is 1.00 bits per heavy atom. The van der Waals surface area contributed by atoms with Gasteiger partial charge in [0.2, 0.25) is 10.0 Å². The second-order valence-electron chi connectivity index (χ2n) is 7.08. The molecule has 0 unspecified atom stereocenters. The van der Waals surface area contributed by atoms with E-state index >= 15 is 0 Å². The molecule has 0 radical (unpaired) electrons. The SMILES string of the molecule is NS(=O)(=O)c1ccc(CCNC(=O)COC(=O)Cc2ccc3c(c2)CCC3)cc1. The molecule has 0 atom stereocenters. The number of ether oxygens (including phenoxy) is 1. The number of esters is 1. The first-order chi connectivity index (χ1) is 13.8. The van der Waals surface area contributed by atoms with E-state index in [-0.39, 0.29) is 23.8 Å². The van der Waals surface area contributed by atoms with Gasteiger partial charge in [-0.3, -0.25) is 9.59 Å². The molecule has 1 aliphatic carbocycles. The van der Waals surface area contributed by atoms with Gasteiger partial charge in [-0.15, -0.1) is 0 Å². The smallest absolute Gasteiger partial charge is 0.310 e. The molecule has 154 valence electrons. The summed E-state index contributed by atoms with van der Waals surface area (Å²) in [7, 11) is -3.71. The van der Waals surface area contributed by atoms with E-state index in [1.54, 1.807) is 12.1 Å². The number of rotatable bonds is 8. The van der Waals surface area contributed by atoms with Crippen molar-refractivity contribution in [3.8, 4) is 0 Å². The van der Waals surface area contributed by atoms with Crippen molar-refractivity contribution in [2.24, 2.45) is 5.14 Å². The van der Waals surface area contributed by atoms with Crippen LogP contribution in [0.4, 0.5) is 0 Å². The highest BCUT2D eigenvalue weighted by atomic mass is 32.2. The molecule has 1 aliphatic rings. The van der Waals surface area contributed by atoms with Crippen LogP contribution in [0.3, 0.4) is 0 Å². The number of fused-ring (bicyclic) bond motifs is 1. The monoisotopic (exact) mass is 416 g/mol. The van der Waals surface area contributed by atoms with E-state index in [9.17, 15) is 18.0 Å². The van der Waals surface area contributed by atoms with Crippen molar-refractivity contribution < 1.29 is 22.7 Å². The average Bonchev–Trinajstić information content (AvgIpc) is 3.14. The third-order valence-electron chi connectivity index (χ3n) is 4.86. The van der Waals surface area contributed by atoms with Crippen LogP contribution < -0.4 is 10.5 Å². The summed E-state index contributed by atoms with van der Waals surface area (Å²) >= 11 is 0. The summed E-state index contributed by atoms with van der Waals surface area (Å²) in [6.07, 6.45) is 3.96. The summed E-state index contributed by atoms with van der Waals surface area (Å²) in [5.41, 5.74) is 4.40. The maximum absolute atomic E-state index is 12.0. The molecule has 2 aromatic carbocycles. The molecule has 1 amide bonds. The maximum Gasteiger partial charge on any atom is 0.310 e. The third kappa shape index (κ3) is 6.13. The Kier molecular flexibility index (Phi) is 6.66. The molecule has 0 saturated carbocycles. The minimum Gasteiger partial charge on any atom is -0.455 e. The fourth-order valence-electron chi connectivity index (χ4n) is 3.34.